The van der Waals surface area contributed by atoms with Crippen LogP contribution in [0.15, 0.2) is 63.2 Å². The predicted molar refractivity (Wildman–Crippen MR) is 123 cm³/mol. The molecule has 0 aliphatic heterocycles. The first kappa shape index (κ1) is 22.4. The van der Waals surface area contributed by atoms with Crippen molar-refractivity contribution in [1.82, 2.24) is 4.98 Å². The standard InChI is InChI=1S/C22H21N3O4S2/c1-14-13-30-22(24-14)31-17-7-5-16(6-8-17)25-21(27)10-4-15-3-9-18(19(11-15)28-2)29-12-20(23)26/h3-11,13H,12H2,1-2H3,(H2,23,26)(H,25,27)/b10-4+. The van der Waals surface area contributed by atoms with E-state index in [1.807, 2.05) is 36.6 Å². The fraction of sp³-hybridized carbons (Fsp3) is 0.136. The van der Waals surface area contributed by atoms with Crippen LogP contribution in [0.3, 0.4) is 0 Å². The number of amides is 2. The summed E-state index contributed by atoms with van der Waals surface area (Å²) in [6.45, 7) is 1.73. The van der Waals surface area contributed by atoms with Gasteiger partial charge in [-0.3, -0.25) is 9.59 Å². The number of carbonyl (C=O) groups is 2. The predicted octanol–water partition coefficient (Wildman–Crippen LogP) is 4.13. The number of ether oxygens (including phenoxy) is 2. The van der Waals surface area contributed by atoms with Crippen molar-refractivity contribution in [2.75, 3.05) is 19.0 Å². The molecule has 0 spiro atoms. The lowest BCUT2D eigenvalue weighted by atomic mass is 10.2. The number of hydrogen-bond acceptors (Lipinski definition) is 7. The summed E-state index contributed by atoms with van der Waals surface area (Å²) in [5, 5.41) is 4.84. The Balaban J connectivity index is 1.57. The Labute approximate surface area is 188 Å². The van der Waals surface area contributed by atoms with Crippen LogP contribution in [0, 0.1) is 6.92 Å². The van der Waals surface area contributed by atoms with Crippen LogP contribution in [0.25, 0.3) is 6.08 Å². The molecule has 1 heterocycles. The summed E-state index contributed by atoms with van der Waals surface area (Å²) in [7, 11) is 1.49. The van der Waals surface area contributed by atoms with Gasteiger partial charge in [0, 0.05) is 27.7 Å². The van der Waals surface area contributed by atoms with Gasteiger partial charge in [-0.05, 0) is 55.0 Å². The highest BCUT2D eigenvalue weighted by Gasteiger charge is 2.07. The molecule has 1 aromatic heterocycles. The average Bonchev–Trinajstić information content (AvgIpc) is 3.16. The van der Waals surface area contributed by atoms with E-state index in [-0.39, 0.29) is 12.5 Å². The molecule has 0 unspecified atom stereocenters. The second-order valence-corrected chi connectivity index (χ2v) is 8.55. The molecule has 2 aromatic carbocycles. The van der Waals surface area contributed by atoms with E-state index in [4.69, 9.17) is 15.2 Å². The van der Waals surface area contributed by atoms with Crippen molar-refractivity contribution in [3.8, 4) is 11.5 Å². The van der Waals surface area contributed by atoms with E-state index in [1.165, 1.54) is 13.2 Å². The monoisotopic (exact) mass is 455 g/mol. The Morgan fingerprint density at radius 3 is 2.61 bits per heavy atom. The summed E-state index contributed by atoms with van der Waals surface area (Å²) in [6.07, 6.45) is 3.09. The maximum atomic E-state index is 12.2. The van der Waals surface area contributed by atoms with E-state index in [0.717, 1.165) is 20.5 Å². The number of anilines is 1. The van der Waals surface area contributed by atoms with Gasteiger partial charge in [0.05, 0.1) is 7.11 Å². The van der Waals surface area contributed by atoms with Crippen molar-refractivity contribution in [3.05, 3.63) is 65.2 Å². The molecule has 0 aliphatic carbocycles. The summed E-state index contributed by atoms with van der Waals surface area (Å²) in [4.78, 5) is 28.6. The van der Waals surface area contributed by atoms with Gasteiger partial charge in [0.1, 0.15) is 0 Å². The molecule has 0 aliphatic rings. The number of aromatic nitrogens is 1. The molecule has 0 saturated heterocycles. The third-order valence-corrected chi connectivity index (χ3v) is 5.97. The van der Waals surface area contributed by atoms with E-state index < -0.39 is 5.91 Å². The molecule has 0 atom stereocenters. The molecule has 3 rings (SSSR count). The molecular weight excluding hydrogens is 434 g/mol. The molecule has 2 amide bonds. The third kappa shape index (κ3) is 6.87. The largest absolute Gasteiger partial charge is 0.493 e. The first-order valence-electron chi connectivity index (χ1n) is 9.21. The molecule has 0 radical (unpaired) electrons. The van der Waals surface area contributed by atoms with E-state index >= 15 is 0 Å². The SMILES string of the molecule is COc1cc(/C=C/C(=O)Nc2ccc(Sc3nc(C)cs3)cc2)ccc1OCC(N)=O. The summed E-state index contributed by atoms with van der Waals surface area (Å²) in [6, 6.07) is 12.7. The van der Waals surface area contributed by atoms with E-state index in [9.17, 15) is 9.59 Å². The topological polar surface area (TPSA) is 104 Å². The number of nitrogens with one attached hydrogen (secondary N) is 1. The molecular formula is C22H21N3O4S2. The normalized spacial score (nSPS) is 10.8. The van der Waals surface area contributed by atoms with Gasteiger partial charge in [-0.25, -0.2) is 4.98 Å². The molecule has 0 saturated carbocycles. The Morgan fingerprint density at radius 1 is 1.19 bits per heavy atom. The molecule has 0 fully saturated rings. The van der Waals surface area contributed by atoms with Crippen molar-refractivity contribution in [2.24, 2.45) is 5.73 Å². The Morgan fingerprint density at radius 2 is 1.97 bits per heavy atom. The van der Waals surface area contributed by atoms with Crippen molar-refractivity contribution < 1.29 is 19.1 Å². The average molecular weight is 456 g/mol. The molecule has 31 heavy (non-hydrogen) atoms. The smallest absolute Gasteiger partial charge is 0.255 e. The first-order chi connectivity index (χ1) is 14.9. The van der Waals surface area contributed by atoms with Crippen LogP contribution < -0.4 is 20.5 Å². The second-order valence-electron chi connectivity index (χ2n) is 6.37. The lowest BCUT2D eigenvalue weighted by molar-refractivity contribution is -0.120. The highest BCUT2D eigenvalue weighted by molar-refractivity contribution is 8.01. The molecule has 3 aromatic rings. The zero-order chi connectivity index (χ0) is 22.2. The Hall–Kier alpha value is -3.30. The van der Waals surface area contributed by atoms with Crippen LogP contribution in [-0.2, 0) is 9.59 Å². The molecule has 9 heteroatoms. The number of nitrogens with zero attached hydrogens (tertiary/aromatic N) is 1. The van der Waals surface area contributed by atoms with Crippen molar-refractivity contribution in [1.29, 1.82) is 0 Å². The number of hydrogen-bond donors (Lipinski definition) is 2. The number of thiazole rings is 1. The van der Waals surface area contributed by atoms with Crippen molar-refractivity contribution in [2.45, 2.75) is 16.2 Å². The van der Waals surface area contributed by atoms with Gasteiger partial charge in [0.25, 0.3) is 5.91 Å². The van der Waals surface area contributed by atoms with Crippen LogP contribution in [0.5, 0.6) is 11.5 Å². The fourth-order valence-electron chi connectivity index (χ4n) is 2.50. The molecule has 7 nitrogen and oxygen atoms in total. The van der Waals surface area contributed by atoms with Crippen LogP contribution in [0.2, 0.25) is 0 Å². The number of methoxy groups -OCH3 is 1. The Kier molecular flexibility index (Phi) is 7.69. The van der Waals surface area contributed by atoms with E-state index in [0.29, 0.717) is 17.2 Å². The van der Waals surface area contributed by atoms with Gasteiger partial charge in [0.15, 0.2) is 22.4 Å². The minimum Gasteiger partial charge on any atom is -0.493 e. The molecule has 160 valence electrons. The minimum absolute atomic E-state index is 0.241. The zero-order valence-corrected chi connectivity index (χ0v) is 18.6. The zero-order valence-electron chi connectivity index (χ0n) is 17.0. The van der Waals surface area contributed by atoms with E-state index in [1.54, 1.807) is 47.4 Å². The summed E-state index contributed by atoms with van der Waals surface area (Å²) in [5.74, 6) is -0.00216. The van der Waals surface area contributed by atoms with Crippen LogP contribution in [-0.4, -0.2) is 30.5 Å². The van der Waals surface area contributed by atoms with Gasteiger partial charge in [-0.2, -0.15) is 0 Å². The van der Waals surface area contributed by atoms with Gasteiger partial charge in [0.2, 0.25) is 5.91 Å². The van der Waals surface area contributed by atoms with Crippen LogP contribution >= 0.6 is 23.1 Å². The lowest BCUT2D eigenvalue weighted by Crippen LogP contribution is -2.20. The van der Waals surface area contributed by atoms with Crippen LogP contribution in [0.1, 0.15) is 11.3 Å². The minimum atomic E-state index is -0.576. The number of nitrogens with two attached hydrogens (primary N) is 1. The van der Waals surface area contributed by atoms with E-state index in [2.05, 4.69) is 10.3 Å². The van der Waals surface area contributed by atoms with Crippen molar-refractivity contribution in [3.63, 3.8) is 0 Å². The summed E-state index contributed by atoms with van der Waals surface area (Å²) < 4.78 is 11.5. The number of rotatable bonds is 9. The second kappa shape index (κ2) is 10.6. The van der Waals surface area contributed by atoms with Gasteiger partial charge < -0.3 is 20.5 Å². The summed E-state index contributed by atoms with van der Waals surface area (Å²) >= 11 is 3.19. The molecule has 0 bridgehead atoms. The van der Waals surface area contributed by atoms with Gasteiger partial charge >= 0.3 is 0 Å². The van der Waals surface area contributed by atoms with Gasteiger partial charge in [-0.1, -0.05) is 17.8 Å². The third-order valence-electron chi connectivity index (χ3n) is 3.91. The quantitative estimate of drug-likeness (QED) is 0.470. The van der Waals surface area contributed by atoms with Crippen molar-refractivity contribution >= 4 is 46.7 Å². The van der Waals surface area contributed by atoms with Gasteiger partial charge in [-0.15, -0.1) is 11.3 Å². The Bertz CT molecular complexity index is 1090. The number of primary amides is 1. The maximum absolute atomic E-state index is 12.2. The number of carbonyl (C=O) groups excluding carboxylic acids is 2. The maximum Gasteiger partial charge on any atom is 0.255 e. The number of benzene rings is 2. The lowest BCUT2D eigenvalue weighted by Gasteiger charge is -2.10. The number of aryl methyl sites for hydroxylation is 1. The highest BCUT2D eigenvalue weighted by Crippen LogP contribution is 2.31. The molecule has 3 N–H and O–H groups in total. The summed E-state index contributed by atoms with van der Waals surface area (Å²) in [5.41, 5.74) is 7.53. The highest BCUT2D eigenvalue weighted by atomic mass is 32.2. The first-order valence-corrected chi connectivity index (χ1v) is 10.9. The van der Waals surface area contributed by atoms with Crippen LogP contribution in [0.4, 0.5) is 5.69 Å². The fourth-order valence-corrected chi connectivity index (χ4v) is 4.31.